The molecule has 3 heterocycles. The van der Waals surface area contributed by atoms with Gasteiger partial charge in [-0.05, 0) is 27.8 Å². The molecule has 3 fully saturated rings. The van der Waals surface area contributed by atoms with E-state index in [-0.39, 0.29) is 33.0 Å². The van der Waals surface area contributed by atoms with Gasteiger partial charge in [0, 0.05) is 12.7 Å². The van der Waals surface area contributed by atoms with Gasteiger partial charge in [0.2, 0.25) is 0 Å². The van der Waals surface area contributed by atoms with E-state index in [1.54, 1.807) is 7.11 Å². The number of fused-ring (bicyclic) bond motifs is 1. The molecule has 0 aliphatic carbocycles. The molecule has 11 nitrogen and oxygen atoms in total. The summed E-state index contributed by atoms with van der Waals surface area (Å²) in [6, 6.07) is 60.1. The highest BCUT2D eigenvalue weighted by atomic mass is 16.8. The lowest BCUT2D eigenvalue weighted by Gasteiger charge is -2.51. The smallest absolute Gasteiger partial charge is 0.187 e. The molecule has 344 valence electrons. The first kappa shape index (κ1) is 46.0. The molecule has 0 aromatic heterocycles. The summed E-state index contributed by atoms with van der Waals surface area (Å²) in [6.45, 7) is 1.88. The highest BCUT2D eigenvalue weighted by Gasteiger charge is 2.56. The highest BCUT2D eigenvalue weighted by molar-refractivity contribution is 5.19. The minimum Gasteiger partial charge on any atom is -0.374 e. The van der Waals surface area contributed by atoms with Crippen molar-refractivity contribution in [2.45, 2.75) is 101 Å². The normalized spacial score (nSPS) is 27.5. The summed E-state index contributed by atoms with van der Waals surface area (Å²) >= 11 is 0. The fourth-order valence-corrected chi connectivity index (χ4v) is 8.63. The lowest BCUT2D eigenvalue weighted by atomic mass is 9.95. The third kappa shape index (κ3) is 12.1. The van der Waals surface area contributed by atoms with Crippen LogP contribution in [0, 0.1) is 0 Å². The number of ether oxygens (including phenoxy) is 11. The molecular weight excluding hydrogens is 837 g/mol. The van der Waals surface area contributed by atoms with Gasteiger partial charge in [-0.3, -0.25) is 0 Å². The van der Waals surface area contributed by atoms with Crippen molar-refractivity contribution in [1.29, 1.82) is 0 Å². The van der Waals surface area contributed by atoms with Gasteiger partial charge in [-0.2, -0.15) is 0 Å². The summed E-state index contributed by atoms with van der Waals surface area (Å²) < 4.78 is 74.5. The van der Waals surface area contributed by atoms with Crippen molar-refractivity contribution >= 4 is 0 Å². The largest absolute Gasteiger partial charge is 0.374 e. The minimum atomic E-state index is -1.06. The van der Waals surface area contributed by atoms with Gasteiger partial charge in [0.05, 0.1) is 46.2 Å². The Morgan fingerprint density at radius 1 is 0.424 bits per heavy atom. The van der Waals surface area contributed by atoms with Gasteiger partial charge < -0.3 is 52.1 Å². The zero-order valence-corrected chi connectivity index (χ0v) is 37.1. The maximum Gasteiger partial charge on any atom is 0.187 e. The summed E-state index contributed by atoms with van der Waals surface area (Å²) in [5.41, 5.74) is 5.87. The zero-order chi connectivity index (χ0) is 44.8. The van der Waals surface area contributed by atoms with Crippen molar-refractivity contribution in [3.05, 3.63) is 215 Å². The van der Waals surface area contributed by atoms with Crippen LogP contribution in [-0.2, 0) is 85.1 Å². The molecule has 0 saturated carbocycles. The molecule has 3 aliphatic heterocycles. The summed E-state index contributed by atoms with van der Waals surface area (Å²) in [4.78, 5) is 0. The molecule has 11 heteroatoms. The number of benzene rings is 6. The number of methoxy groups -OCH3 is 1. The van der Waals surface area contributed by atoms with Crippen molar-refractivity contribution in [2.24, 2.45) is 0 Å². The minimum absolute atomic E-state index is 0.164. The first-order valence-corrected chi connectivity index (χ1v) is 22.7. The fraction of sp³-hybridized carbons (Fsp3) is 0.345. The average molecular weight is 895 g/mol. The molecule has 0 spiro atoms. The number of hydrogen-bond donors (Lipinski definition) is 0. The Bertz CT molecular complexity index is 2280. The molecule has 6 unspecified atom stereocenters. The van der Waals surface area contributed by atoms with E-state index in [0.29, 0.717) is 13.2 Å². The lowest BCUT2D eigenvalue weighted by Crippen LogP contribution is -2.67. The maximum absolute atomic E-state index is 7.28. The first-order valence-electron chi connectivity index (χ1n) is 22.7. The van der Waals surface area contributed by atoms with Crippen LogP contribution in [0.3, 0.4) is 0 Å². The molecule has 0 N–H and O–H groups in total. The Morgan fingerprint density at radius 3 is 1.36 bits per heavy atom. The van der Waals surface area contributed by atoms with Crippen molar-refractivity contribution in [2.75, 3.05) is 20.3 Å². The zero-order valence-electron chi connectivity index (χ0n) is 37.1. The predicted molar refractivity (Wildman–Crippen MR) is 245 cm³/mol. The summed E-state index contributed by atoms with van der Waals surface area (Å²) in [7, 11) is 1.59. The Balaban J connectivity index is 1.08. The molecule has 3 aliphatic rings. The third-order valence-corrected chi connectivity index (χ3v) is 12.0. The van der Waals surface area contributed by atoms with Gasteiger partial charge >= 0.3 is 0 Å². The van der Waals surface area contributed by atoms with Crippen LogP contribution in [0.15, 0.2) is 182 Å². The second kappa shape index (κ2) is 23.6. The predicted octanol–water partition coefficient (Wildman–Crippen LogP) is 9.14. The van der Waals surface area contributed by atoms with E-state index in [4.69, 9.17) is 52.1 Å². The number of hydrogen-bond acceptors (Lipinski definition) is 11. The monoisotopic (exact) mass is 894 g/mol. The second-order valence-corrected chi connectivity index (χ2v) is 16.6. The molecule has 6 aromatic carbocycles. The van der Waals surface area contributed by atoms with Crippen LogP contribution < -0.4 is 0 Å². The Hall–Kier alpha value is -5.12. The van der Waals surface area contributed by atoms with Crippen LogP contribution in [0.1, 0.15) is 39.7 Å². The molecule has 6 aromatic rings. The van der Waals surface area contributed by atoms with E-state index >= 15 is 0 Å². The second-order valence-electron chi connectivity index (χ2n) is 16.6. The van der Waals surface area contributed by atoms with Crippen LogP contribution in [-0.4, -0.2) is 81.7 Å². The topological polar surface area (TPSA) is 102 Å². The van der Waals surface area contributed by atoms with Crippen LogP contribution in [0.2, 0.25) is 0 Å². The van der Waals surface area contributed by atoms with E-state index in [1.807, 2.05) is 182 Å². The molecule has 0 radical (unpaired) electrons. The standard InChI is InChI=1S/C55H58O11/c1-56-54-52(50(60-35-42-26-14-5-15-27-42)48-46(63-54)38-62-53(65-48)44-30-18-7-19-31-44)66-55-51(61-36-43-28-16-6-17-29-43)49(59-34-41-24-12-4-13-25-41)47(58-33-40-22-10-3-11-23-40)45(64-55)37-57-32-39-20-8-2-9-21-39/h2-31,45-55H,32-38H2,1H3/t45-,46?,47+,48+,49?,50?,51?,52?,53?,54-,55+/m0/s1. The van der Waals surface area contributed by atoms with Gasteiger partial charge in [0.25, 0.3) is 0 Å². The number of rotatable bonds is 20. The van der Waals surface area contributed by atoms with E-state index in [1.165, 1.54) is 0 Å². The van der Waals surface area contributed by atoms with Gasteiger partial charge in [-0.25, -0.2) is 0 Å². The molecule has 3 saturated heterocycles. The van der Waals surface area contributed by atoms with Gasteiger partial charge in [0.15, 0.2) is 18.9 Å². The van der Waals surface area contributed by atoms with Crippen molar-refractivity contribution in [1.82, 2.24) is 0 Å². The van der Waals surface area contributed by atoms with E-state index in [0.717, 1.165) is 33.4 Å². The molecule has 66 heavy (non-hydrogen) atoms. The van der Waals surface area contributed by atoms with Gasteiger partial charge in [-0.15, -0.1) is 0 Å². The quantitative estimate of drug-likeness (QED) is 0.0734. The summed E-state index contributed by atoms with van der Waals surface area (Å²) in [6.07, 6.45) is -8.26. The maximum atomic E-state index is 7.28. The van der Waals surface area contributed by atoms with Crippen molar-refractivity contribution < 1.29 is 52.1 Å². The molecule has 9 rings (SSSR count). The SMILES string of the molecule is CO[C@H]1OC2COC(c3ccccc3)O[C@H]2C(OCc2ccccc2)C1O[C@H]1O[C@@H](COCc2ccccc2)[C@@H](OCc2ccccc2)C(OCc2ccccc2)C1OCc1ccccc1. The molecular formula is C55H58O11. The van der Waals surface area contributed by atoms with Crippen molar-refractivity contribution in [3.8, 4) is 0 Å². The van der Waals surface area contributed by atoms with Crippen LogP contribution in [0.5, 0.6) is 0 Å². The van der Waals surface area contributed by atoms with Crippen LogP contribution in [0.25, 0.3) is 0 Å². The first-order chi connectivity index (χ1) is 32.7. The highest BCUT2D eigenvalue weighted by Crippen LogP contribution is 2.40. The fourth-order valence-electron chi connectivity index (χ4n) is 8.63. The molecule has 11 atom stereocenters. The van der Waals surface area contributed by atoms with Crippen LogP contribution >= 0.6 is 0 Å². The van der Waals surface area contributed by atoms with Crippen LogP contribution in [0.4, 0.5) is 0 Å². The lowest BCUT2D eigenvalue weighted by molar-refractivity contribution is -0.400. The van der Waals surface area contributed by atoms with E-state index in [9.17, 15) is 0 Å². The Labute approximate surface area is 387 Å². The summed E-state index contributed by atoms with van der Waals surface area (Å²) in [5.74, 6) is 0. The van der Waals surface area contributed by atoms with Gasteiger partial charge in [-0.1, -0.05) is 182 Å². The molecule has 0 bridgehead atoms. The molecule has 0 amide bonds. The van der Waals surface area contributed by atoms with Gasteiger partial charge in [0.1, 0.15) is 48.8 Å². The third-order valence-electron chi connectivity index (χ3n) is 12.0. The van der Waals surface area contributed by atoms with E-state index in [2.05, 4.69) is 0 Å². The van der Waals surface area contributed by atoms with Crippen molar-refractivity contribution in [3.63, 3.8) is 0 Å². The average Bonchev–Trinajstić information content (AvgIpc) is 3.38. The van der Waals surface area contributed by atoms with E-state index < -0.39 is 67.7 Å². The Morgan fingerprint density at radius 2 is 0.864 bits per heavy atom. The summed E-state index contributed by atoms with van der Waals surface area (Å²) in [5, 5.41) is 0. The Kier molecular flexibility index (Phi) is 16.4.